The number of nitrogens with zero attached hydrogens (tertiary/aromatic N) is 4. The summed E-state index contributed by atoms with van der Waals surface area (Å²) < 4.78 is 5.52. The summed E-state index contributed by atoms with van der Waals surface area (Å²) in [4.78, 5) is 19.5. The van der Waals surface area contributed by atoms with E-state index in [0.717, 1.165) is 48.8 Å². The van der Waals surface area contributed by atoms with Gasteiger partial charge in [0.2, 0.25) is 17.7 Å². The highest BCUT2D eigenvalue weighted by atomic mass is 16.4. The van der Waals surface area contributed by atoms with Crippen LogP contribution in [0.15, 0.2) is 34.9 Å². The van der Waals surface area contributed by atoms with Crippen molar-refractivity contribution in [2.45, 2.75) is 40.0 Å². The molecular formula is C23H29N5O2. The fraction of sp³-hybridized carbons (Fsp3) is 0.478. The van der Waals surface area contributed by atoms with Crippen LogP contribution in [0.2, 0.25) is 0 Å². The Hall–Kier alpha value is -2.80. The van der Waals surface area contributed by atoms with Gasteiger partial charge in [-0.25, -0.2) is 4.98 Å². The number of amides is 1. The third-order valence-electron chi connectivity index (χ3n) is 5.46. The number of hydrogen-bond acceptors (Lipinski definition) is 6. The van der Waals surface area contributed by atoms with E-state index in [1.54, 1.807) is 13.1 Å². The molecule has 30 heavy (non-hydrogen) atoms. The maximum atomic E-state index is 12.6. The van der Waals surface area contributed by atoms with Gasteiger partial charge in [-0.3, -0.25) is 4.79 Å². The van der Waals surface area contributed by atoms with Gasteiger partial charge in [0.05, 0.1) is 0 Å². The van der Waals surface area contributed by atoms with E-state index >= 15 is 0 Å². The number of aromatic nitrogens is 3. The SMILES string of the molecule is Cc1nnc(-c2ccc3cnc(NC(=O)CC4CCCN(CC(C)C)C4)cc3c2)o1. The van der Waals surface area contributed by atoms with Gasteiger partial charge in [0.1, 0.15) is 5.82 Å². The van der Waals surface area contributed by atoms with Crippen molar-refractivity contribution in [2.75, 3.05) is 25.0 Å². The largest absolute Gasteiger partial charge is 0.421 e. The third-order valence-corrected chi connectivity index (χ3v) is 5.46. The number of aryl methyl sites for hydroxylation is 1. The lowest BCUT2D eigenvalue weighted by Crippen LogP contribution is -2.38. The summed E-state index contributed by atoms with van der Waals surface area (Å²) in [5.74, 6) is 2.68. The Morgan fingerprint density at radius 1 is 1.27 bits per heavy atom. The molecule has 7 heteroatoms. The van der Waals surface area contributed by atoms with Crippen molar-refractivity contribution in [1.29, 1.82) is 0 Å². The molecule has 1 aromatic carbocycles. The fourth-order valence-electron chi connectivity index (χ4n) is 4.21. The van der Waals surface area contributed by atoms with Crippen LogP contribution in [0.4, 0.5) is 5.82 Å². The summed E-state index contributed by atoms with van der Waals surface area (Å²) in [6.07, 6.45) is 4.59. The Kier molecular flexibility index (Phi) is 6.08. The molecule has 158 valence electrons. The number of piperidine rings is 1. The molecule has 1 fully saturated rings. The number of carbonyl (C=O) groups is 1. The van der Waals surface area contributed by atoms with E-state index in [1.165, 1.54) is 0 Å². The molecule has 0 saturated carbocycles. The summed E-state index contributed by atoms with van der Waals surface area (Å²) in [7, 11) is 0. The zero-order chi connectivity index (χ0) is 21.1. The first-order valence-electron chi connectivity index (χ1n) is 10.7. The molecule has 1 saturated heterocycles. The minimum Gasteiger partial charge on any atom is -0.421 e. The number of rotatable bonds is 6. The lowest BCUT2D eigenvalue weighted by atomic mass is 9.94. The minimum atomic E-state index is 0.0296. The van der Waals surface area contributed by atoms with E-state index in [-0.39, 0.29) is 5.91 Å². The normalized spacial score (nSPS) is 17.5. The molecule has 7 nitrogen and oxygen atoms in total. The minimum absolute atomic E-state index is 0.0296. The van der Waals surface area contributed by atoms with Crippen LogP contribution >= 0.6 is 0 Å². The van der Waals surface area contributed by atoms with E-state index in [1.807, 2.05) is 24.3 Å². The predicted molar refractivity (Wildman–Crippen MR) is 117 cm³/mol. The highest BCUT2D eigenvalue weighted by Gasteiger charge is 2.22. The quantitative estimate of drug-likeness (QED) is 0.656. The maximum Gasteiger partial charge on any atom is 0.247 e. The fourth-order valence-corrected chi connectivity index (χ4v) is 4.21. The first-order chi connectivity index (χ1) is 14.5. The Labute approximate surface area is 176 Å². The van der Waals surface area contributed by atoms with Crippen LogP contribution < -0.4 is 5.32 Å². The predicted octanol–water partition coefficient (Wildman–Crippen LogP) is 4.29. The molecule has 1 N–H and O–H groups in total. The average Bonchev–Trinajstić information content (AvgIpc) is 3.13. The molecule has 3 heterocycles. The molecule has 1 aliphatic rings. The summed E-state index contributed by atoms with van der Waals surface area (Å²) >= 11 is 0. The van der Waals surface area contributed by atoms with Gasteiger partial charge in [-0.1, -0.05) is 19.9 Å². The van der Waals surface area contributed by atoms with E-state index < -0.39 is 0 Å². The van der Waals surface area contributed by atoms with Crippen molar-refractivity contribution in [3.63, 3.8) is 0 Å². The second-order valence-corrected chi connectivity index (χ2v) is 8.67. The average molecular weight is 408 g/mol. The number of nitrogens with one attached hydrogen (secondary N) is 1. The monoisotopic (exact) mass is 407 g/mol. The van der Waals surface area contributed by atoms with E-state index in [9.17, 15) is 4.79 Å². The van der Waals surface area contributed by atoms with E-state index in [4.69, 9.17) is 4.42 Å². The maximum absolute atomic E-state index is 12.6. The molecule has 0 bridgehead atoms. The molecule has 0 spiro atoms. The van der Waals surface area contributed by atoms with Crippen LogP contribution in [0.5, 0.6) is 0 Å². The molecule has 1 amide bonds. The number of carbonyl (C=O) groups excluding carboxylic acids is 1. The standard InChI is InChI=1S/C23H29N5O2/c1-15(2)13-28-8-4-5-17(14-28)9-22(29)25-21-11-20-10-18(6-7-19(20)12-24-21)23-27-26-16(3)30-23/h6-7,10-12,15,17H,4-5,8-9,13-14H2,1-3H3,(H,24,25,29). The smallest absolute Gasteiger partial charge is 0.247 e. The van der Waals surface area contributed by atoms with Crippen molar-refractivity contribution >= 4 is 22.5 Å². The highest BCUT2D eigenvalue weighted by Crippen LogP contribution is 2.25. The molecule has 3 aromatic rings. The number of fused-ring (bicyclic) bond motifs is 1. The highest BCUT2D eigenvalue weighted by molar-refractivity contribution is 5.93. The van der Waals surface area contributed by atoms with Gasteiger partial charge in [-0.15, -0.1) is 10.2 Å². The van der Waals surface area contributed by atoms with Gasteiger partial charge in [0.25, 0.3) is 0 Å². The van der Waals surface area contributed by atoms with Crippen LogP contribution in [0.1, 0.15) is 39.0 Å². The number of anilines is 1. The molecule has 4 rings (SSSR count). The van der Waals surface area contributed by atoms with Gasteiger partial charge in [0, 0.05) is 43.6 Å². The Morgan fingerprint density at radius 3 is 2.90 bits per heavy atom. The molecule has 1 aliphatic heterocycles. The van der Waals surface area contributed by atoms with Crippen molar-refractivity contribution in [3.8, 4) is 11.5 Å². The molecule has 1 unspecified atom stereocenters. The Bertz CT molecular complexity index is 1030. The first kappa shape index (κ1) is 20.5. The first-order valence-corrected chi connectivity index (χ1v) is 10.7. The lowest BCUT2D eigenvalue weighted by molar-refractivity contribution is -0.117. The van der Waals surface area contributed by atoms with Gasteiger partial charge >= 0.3 is 0 Å². The van der Waals surface area contributed by atoms with Gasteiger partial charge in [0.15, 0.2) is 0 Å². The van der Waals surface area contributed by atoms with Crippen molar-refractivity contribution in [1.82, 2.24) is 20.1 Å². The van der Waals surface area contributed by atoms with Crippen molar-refractivity contribution < 1.29 is 9.21 Å². The summed E-state index contributed by atoms with van der Waals surface area (Å²) in [5, 5.41) is 12.9. The molecule has 0 aliphatic carbocycles. The van der Waals surface area contributed by atoms with Gasteiger partial charge < -0.3 is 14.6 Å². The summed E-state index contributed by atoms with van der Waals surface area (Å²) in [6, 6.07) is 7.77. The van der Waals surface area contributed by atoms with Crippen LogP contribution in [0.25, 0.3) is 22.2 Å². The zero-order valence-corrected chi connectivity index (χ0v) is 17.9. The van der Waals surface area contributed by atoms with Crippen molar-refractivity contribution in [3.05, 3.63) is 36.4 Å². The third kappa shape index (κ3) is 5.02. The molecule has 1 atom stereocenters. The van der Waals surface area contributed by atoms with Crippen LogP contribution in [0.3, 0.4) is 0 Å². The Morgan fingerprint density at radius 2 is 2.13 bits per heavy atom. The van der Waals surface area contributed by atoms with Crippen LogP contribution in [-0.4, -0.2) is 45.6 Å². The van der Waals surface area contributed by atoms with Gasteiger partial charge in [-0.2, -0.15) is 0 Å². The summed E-state index contributed by atoms with van der Waals surface area (Å²) in [5.41, 5.74) is 0.846. The van der Waals surface area contributed by atoms with Crippen LogP contribution in [0, 0.1) is 18.8 Å². The zero-order valence-electron chi connectivity index (χ0n) is 17.9. The topological polar surface area (TPSA) is 84.2 Å². The second-order valence-electron chi connectivity index (χ2n) is 8.67. The number of hydrogen-bond donors (Lipinski definition) is 1. The number of pyridine rings is 1. The molecule has 2 aromatic heterocycles. The lowest BCUT2D eigenvalue weighted by Gasteiger charge is -2.33. The van der Waals surface area contributed by atoms with Gasteiger partial charge in [-0.05, 0) is 54.8 Å². The molecular weight excluding hydrogens is 378 g/mol. The summed E-state index contributed by atoms with van der Waals surface area (Å²) in [6.45, 7) is 9.50. The van der Waals surface area contributed by atoms with E-state index in [2.05, 4.69) is 39.2 Å². The van der Waals surface area contributed by atoms with Crippen LogP contribution in [-0.2, 0) is 4.79 Å². The second kappa shape index (κ2) is 8.92. The van der Waals surface area contributed by atoms with E-state index in [0.29, 0.717) is 35.9 Å². The number of benzene rings is 1. The number of likely N-dealkylation sites (tertiary alicyclic amines) is 1. The Balaban J connectivity index is 1.42. The molecule has 0 radical (unpaired) electrons. The van der Waals surface area contributed by atoms with Crippen molar-refractivity contribution in [2.24, 2.45) is 11.8 Å².